The molecule has 0 saturated heterocycles. The molecule has 68 valence electrons. The molecule has 0 aliphatic heterocycles. The van der Waals surface area contributed by atoms with E-state index >= 15 is 0 Å². The van der Waals surface area contributed by atoms with Crippen LogP contribution in [0.4, 0.5) is 4.39 Å². The SMILES string of the molecule is [B]c1ccc(F)cc1CCCCC. The van der Waals surface area contributed by atoms with Crippen molar-refractivity contribution in [2.45, 2.75) is 32.6 Å². The molecule has 0 spiro atoms. The van der Waals surface area contributed by atoms with Crippen LogP contribution in [0.15, 0.2) is 18.2 Å². The van der Waals surface area contributed by atoms with Gasteiger partial charge in [-0.25, -0.2) is 4.39 Å². The number of rotatable bonds is 4. The average Bonchev–Trinajstić information content (AvgIpc) is 2.11. The maximum Gasteiger partial charge on any atom is 0.123 e. The van der Waals surface area contributed by atoms with Gasteiger partial charge in [0, 0.05) is 0 Å². The minimum Gasteiger partial charge on any atom is -0.207 e. The van der Waals surface area contributed by atoms with Gasteiger partial charge in [0.05, 0.1) is 0 Å². The Bertz CT molecular complexity index is 271. The Balaban J connectivity index is 2.59. The first-order valence-electron chi connectivity index (χ1n) is 4.78. The van der Waals surface area contributed by atoms with Crippen LogP contribution in [0, 0.1) is 5.82 Å². The second-order valence-electron chi connectivity index (χ2n) is 3.30. The van der Waals surface area contributed by atoms with Crippen molar-refractivity contribution in [1.29, 1.82) is 0 Å². The minimum absolute atomic E-state index is 0.194. The molecule has 0 amide bonds. The Morgan fingerprint density at radius 3 is 2.77 bits per heavy atom. The predicted octanol–water partition coefficient (Wildman–Crippen LogP) is 2.35. The third-order valence-corrected chi connectivity index (χ3v) is 2.15. The first kappa shape index (κ1) is 10.3. The Morgan fingerprint density at radius 1 is 1.31 bits per heavy atom. The monoisotopic (exact) mass is 176 g/mol. The van der Waals surface area contributed by atoms with E-state index in [1.165, 1.54) is 25.0 Å². The van der Waals surface area contributed by atoms with Crippen molar-refractivity contribution >= 4 is 13.3 Å². The normalized spacial score (nSPS) is 10.3. The first-order chi connectivity index (χ1) is 6.24. The highest BCUT2D eigenvalue weighted by atomic mass is 19.1. The van der Waals surface area contributed by atoms with Gasteiger partial charge >= 0.3 is 0 Å². The van der Waals surface area contributed by atoms with E-state index in [1.807, 2.05) is 0 Å². The maximum absolute atomic E-state index is 12.8. The molecule has 1 rings (SSSR count). The van der Waals surface area contributed by atoms with Crippen molar-refractivity contribution in [2.24, 2.45) is 0 Å². The van der Waals surface area contributed by atoms with Crippen LogP contribution in [0.25, 0.3) is 0 Å². The lowest BCUT2D eigenvalue weighted by atomic mass is 9.88. The van der Waals surface area contributed by atoms with Gasteiger partial charge in [0.1, 0.15) is 13.7 Å². The maximum atomic E-state index is 12.8. The van der Waals surface area contributed by atoms with Crippen LogP contribution in [0.5, 0.6) is 0 Å². The van der Waals surface area contributed by atoms with E-state index in [0.29, 0.717) is 5.46 Å². The summed E-state index contributed by atoms with van der Waals surface area (Å²) in [5.41, 5.74) is 1.64. The van der Waals surface area contributed by atoms with E-state index in [-0.39, 0.29) is 5.82 Å². The molecule has 1 aromatic carbocycles. The molecule has 0 unspecified atom stereocenters. The highest BCUT2D eigenvalue weighted by molar-refractivity contribution is 6.33. The lowest BCUT2D eigenvalue weighted by Gasteiger charge is -2.05. The quantitative estimate of drug-likeness (QED) is 0.487. The third kappa shape index (κ3) is 3.21. The fraction of sp³-hybridized carbons (Fsp3) is 0.455. The summed E-state index contributed by atoms with van der Waals surface area (Å²) >= 11 is 0. The van der Waals surface area contributed by atoms with Crippen molar-refractivity contribution in [3.05, 3.63) is 29.6 Å². The molecule has 0 heterocycles. The molecule has 0 aliphatic rings. The van der Waals surface area contributed by atoms with Crippen LogP contribution in [0.1, 0.15) is 31.7 Å². The van der Waals surface area contributed by atoms with E-state index in [2.05, 4.69) is 6.92 Å². The van der Waals surface area contributed by atoms with E-state index in [9.17, 15) is 4.39 Å². The summed E-state index contributed by atoms with van der Waals surface area (Å²) in [6, 6.07) is 4.57. The summed E-state index contributed by atoms with van der Waals surface area (Å²) in [6.45, 7) is 2.15. The van der Waals surface area contributed by atoms with Crippen molar-refractivity contribution in [1.82, 2.24) is 0 Å². The fourth-order valence-electron chi connectivity index (χ4n) is 1.36. The van der Waals surface area contributed by atoms with Crippen molar-refractivity contribution in [3.63, 3.8) is 0 Å². The molecular weight excluding hydrogens is 162 g/mol. The van der Waals surface area contributed by atoms with Gasteiger partial charge in [-0.2, -0.15) is 0 Å². The largest absolute Gasteiger partial charge is 0.207 e. The van der Waals surface area contributed by atoms with Crippen LogP contribution in [0.3, 0.4) is 0 Å². The molecule has 2 heteroatoms. The average molecular weight is 176 g/mol. The summed E-state index contributed by atoms with van der Waals surface area (Å²) in [5, 5.41) is 0. The van der Waals surface area contributed by atoms with Crippen LogP contribution in [-0.4, -0.2) is 7.85 Å². The standard InChI is InChI=1S/C11H14BF/c1-2-3-4-5-9-8-10(13)6-7-11(9)12/h6-8H,2-5H2,1H3. The molecular formula is C11H14BF. The number of hydrogen-bond acceptors (Lipinski definition) is 0. The first-order valence-corrected chi connectivity index (χ1v) is 4.78. The van der Waals surface area contributed by atoms with Gasteiger partial charge < -0.3 is 0 Å². The number of unbranched alkanes of at least 4 members (excludes halogenated alkanes) is 2. The van der Waals surface area contributed by atoms with E-state index in [0.717, 1.165) is 18.4 Å². The summed E-state index contributed by atoms with van der Waals surface area (Å²) < 4.78 is 12.8. The fourth-order valence-corrected chi connectivity index (χ4v) is 1.36. The highest BCUT2D eigenvalue weighted by Crippen LogP contribution is 2.06. The summed E-state index contributed by atoms with van der Waals surface area (Å²) in [6.07, 6.45) is 4.33. The molecule has 0 nitrogen and oxygen atoms in total. The summed E-state index contributed by atoms with van der Waals surface area (Å²) in [5.74, 6) is -0.194. The van der Waals surface area contributed by atoms with Crippen LogP contribution < -0.4 is 5.46 Å². The van der Waals surface area contributed by atoms with E-state index in [4.69, 9.17) is 7.85 Å². The van der Waals surface area contributed by atoms with Gasteiger partial charge in [-0.1, -0.05) is 36.9 Å². The topological polar surface area (TPSA) is 0 Å². The van der Waals surface area contributed by atoms with Crippen molar-refractivity contribution in [2.75, 3.05) is 0 Å². The number of aryl methyl sites for hydroxylation is 1. The molecule has 0 aliphatic carbocycles. The number of benzene rings is 1. The zero-order valence-corrected chi connectivity index (χ0v) is 8.02. The Labute approximate surface area is 80.6 Å². The van der Waals surface area contributed by atoms with E-state index < -0.39 is 0 Å². The van der Waals surface area contributed by atoms with Gasteiger partial charge in [-0.05, 0) is 25.0 Å². The van der Waals surface area contributed by atoms with Crippen molar-refractivity contribution in [3.8, 4) is 0 Å². The molecule has 2 radical (unpaired) electrons. The summed E-state index contributed by atoms with van der Waals surface area (Å²) in [7, 11) is 5.71. The van der Waals surface area contributed by atoms with Gasteiger partial charge in [0.25, 0.3) is 0 Å². The second-order valence-corrected chi connectivity index (χ2v) is 3.30. The molecule has 0 fully saturated rings. The summed E-state index contributed by atoms with van der Waals surface area (Å²) in [4.78, 5) is 0. The zero-order chi connectivity index (χ0) is 9.68. The molecule has 0 saturated carbocycles. The van der Waals surface area contributed by atoms with Crippen molar-refractivity contribution < 1.29 is 4.39 Å². The molecule has 0 atom stereocenters. The Kier molecular flexibility index (Phi) is 4.00. The smallest absolute Gasteiger partial charge is 0.123 e. The Hall–Kier alpha value is -0.785. The molecule has 0 bridgehead atoms. The molecule has 13 heavy (non-hydrogen) atoms. The molecule has 0 aromatic heterocycles. The molecule has 1 aromatic rings. The van der Waals surface area contributed by atoms with Crippen LogP contribution in [0.2, 0.25) is 0 Å². The number of hydrogen-bond donors (Lipinski definition) is 0. The van der Waals surface area contributed by atoms with Gasteiger partial charge in [-0.3, -0.25) is 0 Å². The van der Waals surface area contributed by atoms with E-state index in [1.54, 1.807) is 6.07 Å². The van der Waals surface area contributed by atoms with Gasteiger partial charge in [-0.15, -0.1) is 0 Å². The second kappa shape index (κ2) is 5.06. The minimum atomic E-state index is -0.194. The number of halogens is 1. The third-order valence-electron chi connectivity index (χ3n) is 2.15. The van der Waals surface area contributed by atoms with Crippen LogP contribution >= 0.6 is 0 Å². The van der Waals surface area contributed by atoms with Gasteiger partial charge in [0.15, 0.2) is 0 Å². The predicted molar refractivity (Wildman–Crippen MR) is 55.0 cm³/mol. The van der Waals surface area contributed by atoms with Crippen LogP contribution in [-0.2, 0) is 6.42 Å². The van der Waals surface area contributed by atoms with Gasteiger partial charge in [0.2, 0.25) is 0 Å². The Morgan fingerprint density at radius 2 is 2.08 bits per heavy atom. The zero-order valence-electron chi connectivity index (χ0n) is 8.02. The lowest BCUT2D eigenvalue weighted by molar-refractivity contribution is 0.624. The lowest BCUT2D eigenvalue weighted by Crippen LogP contribution is -2.10. The molecule has 0 N–H and O–H groups in total. The highest BCUT2D eigenvalue weighted by Gasteiger charge is 1.99.